The van der Waals surface area contributed by atoms with Crippen LogP contribution in [0.15, 0.2) is 24.3 Å². The average Bonchev–Trinajstić information content (AvgIpc) is 2.27. The molecular weight excluding hydrogens is 210 g/mol. The van der Waals surface area contributed by atoms with E-state index in [2.05, 4.69) is 22.7 Å². The van der Waals surface area contributed by atoms with Crippen LogP contribution in [-0.2, 0) is 17.1 Å². The Bertz CT molecular complexity index is 382. The average molecular weight is 221 g/mol. The fourth-order valence-electron chi connectivity index (χ4n) is 1.05. The van der Waals surface area contributed by atoms with Crippen molar-refractivity contribution in [3.05, 3.63) is 40.9 Å². The molecule has 0 aliphatic rings. The highest BCUT2D eigenvalue weighted by Crippen LogP contribution is 2.06. The van der Waals surface area contributed by atoms with Gasteiger partial charge in [-0.2, -0.15) is 17.4 Å². The van der Waals surface area contributed by atoms with Crippen molar-refractivity contribution in [3.8, 4) is 0 Å². The number of nitrogens with zero attached hydrogens (tertiary/aromatic N) is 2. The Hall–Kier alpha value is -1.58. The van der Waals surface area contributed by atoms with Gasteiger partial charge >= 0.3 is 12.1 Å². The number of hydrogen-bond donors (Lipinski definition) is 2. The molecule has 0 unspecified atom stereocenters. The van der Waals surface area contributed by atoms with Crippen molar-refractivity contribution in [2.45, 2.75) is 12.3 Å². The molecule has 78 valence electrons. The summed E-state index contributed by atoms with van der Waals surface area (Å²) < 4.78 is 0. The van der Waals surface area contributed by atoms with E-state index in [0.29, 0.717) is 12.3 Å². The number of hydrogen-bond acceptors (Lipinski definition) is 2. The Morgan fingerprint density at radius 2 is 2.00 bits per heavy atom. The SMILES string of the molecule is [N-]=[N+]=CC(=O)NCc1ccc(CS)cc1. The highest BCUT2D eigenvalue weighted by molar-refractivity contribution is 7.79. The smallest absolute Gasteiger partial charge is 0.344 e. The zero-order valence-electron chi connectivity index (χ0n) is 8.05. The number of amides is 1. The lowest BCUT2D eigenvalue weighted by Gasteiger charge is -2.01. The first kappa shape index (κ1) is 11.5. The molecule has 0 atom stereocenters. The van der Waals surface area contributed by atoms with E-state index in [1.54, 1.807) is 0 Å². The predicted molar refractivity (Wildman–Crippen MR) is 60.7 cm³/mol. The van der Waals surface area contributed by atoms with Crippen LogP contribution in [0.1, 0.15) is 11.1 Å². The van der Waals surface area contributed by atoms with Gasteiger partial charge in [-0.1, -0.05) is 24.3 Å². The lowest BCUT2D eigenvalue weighted by Crippen LogP contribution is -2.23. The zero-order valence-corrected chi connectivity index (χ0v) is 8.95. The lowest BCUT2D eigenvalue weighted by atomic mass is 10.1. The van der Waals surface area contributed by atoms with Crippen LogP contribution >= 0.6 is 12.6 Å². The molecule has 1 rings (SSSR count). The van der Waals surface area contributed by atoms with Gasteiger partial charge in [0.25, 0.3) is 0 Å². The molecule has 1 amide bonds. The normalized spacial score (nSPS) is 9.13. The van der Waals surface area contributed by atoms with Crippen molar-refractivity contribution in [1.29, 1.82) is 0 Å². The molecule has 15 heavy (non-hydrogen) atoms. The molecule has 0 heterocycles. The van der Waals surface area contributed by atoms with Crippen molar-refractivity contribution < 1.29 is 9.58 Å². The number of carbonyl (C=O) groups excluding carboxylic acids is 1. The minimum Gasteiger partial charge on any atom is -0.361 e. The Labute approximate surface area is 93.3 Å². The van der Waals surface area contributed by atoms with Crippen LogP contribution < -0.4 is 5.32 Å². The first-order chi connectivity index (χ1) is 7.26. The maximum atomic E-state index is 10.9. The molecule has 1 N–H and O–H groups in total. The Balaban J connectivity index is 2.51. The van der Waals surface area contributed by atoms with Gasteiger partial charge in [-0.25, -0.2) is 0 Å². The van der Waals surface area contributed by atoms with Crippen LogP contribution in [-0.4, -0.2) is 16.9 Å². The third-order valence-electron chi connectivity index (χ3n) is 1.85. The van der Waals surface area contributed by atoms with Crippen LogP contribution in [0, 0.1) is 0 Å². The van der Waals surface area contributed by atoms with Gasteiger partial charge in [0.1, 0.15) is 0 Å². The summed E-state index contributed by atoms with van der Waals surface area (Å²) in [5.74, 6) is 0.278. The summed E-state index contributed by atoms with van der Waals surface area (Å²) in [6, 6.07) is 7.74. The molecule has 0 aliphatic heterocycles. The Kier molecular flexibility index (Phi) is 4.60. The summed E-state index contributed by atoms with van der Waals surface area (Å²) in [4.78, 5) is 13.5. The molecule has 0 fully saturated rings. The van der Waals surface area contributed by atoms with Crippen molar-refractivity contribution >= 4 is 24.8 Å². The summed E-state index contributed by atoms with van der Waals surface area (Å²) in [5.41, 5.74) is 10.2. The first-order valence-electron chi connectivity index (χ1n) is 4.40. The monoisotopic (exact) mass is 221 g/mol. The summed E-state index contributed by atoms with van der Waals surface area (Å²) in [7, 11) is 0. The molecule has 0 spiro atoms. The Morgan fingerprint density at radius 3 is 2.53 bits per heavy atom. The second-order valence-electron chi connectivity index (χ2n) is 2.94. The predicted octanol–water partition coefficient (Wildman–Crippen LogP) is 1.03. The van der Waals surface area contributed by atoms with Gasteiger partial charge in [0.05, 0.1) is 0 Å². The van der Waals surface area contributed by atoms with E-state index in [4.69, 9.17) is 5.53 Å². The number of rotatable bonds is 4. The number of nitrogens with one attached hydrogen (secondary N) is 1. The minimum atomic E-state index is -0.421. The summed E-state index contributed by atoms with van der Waals surface area (Å²) in [6.07, 6.45) is 0.822. The largest absolute Gasteiger partial charge is 0.361 e. The van der Waals surface area contributed by atoms with E-state index < -0.39 is 5.91 Å². The zero-order chi connectivity index (χ0) is 11.1. The quantitative estimate of drug-likeness (QED) is 0.339. The van der Waals surface area contributed by atoms with Crippen LogP contribution in [0.25, 0.3) is 5.53 Å². The van der Waals surface area contributed by atoms with Crippen molar-refractivity contribution in [1.82, 2.24) is 5.32 Å². The van der Waals surface area contributed by atoms with E-state index in [-0.39, 0.29) is 0 Å². The summed E-state index contributed by atoms with van der Waals surface area (Å²) in [5, 5.41) is 2.57. The maximum absolute atomic E-state index is 10.9. The number of carbonyl (C=O) groups is 1. The standard InChI is InChI=1S/C10H11N3OS/c11-13-6-10(14)12-5-8-1-3-9(7-15)4-2-8/h1-4,6,15H,5,7H2,(H,12,14). The fourth-order valence-corrected chi connectivity index (χ4v) is 1.26. The Morgan fingerprint density at radius 1 is 1.40 bits per heavy atom. The lowest BCUT2D eigenvalue weighted by molar-refractivity contribution is -0.118. The maximum Gasteiger partial charge on any atom is 0.344 e. The highest BCUT2D eigenvalue weighted by Gasteiger charge is 2.00. The molecule has 1 aromatic carbocycles. The molecule has 0 radical (unpaired) electrons. The van der Waals surface area contributed by atoms with E-state index >= 15 is 0 Å². The van der Waals surface area contributed by atoms with Crippen LogP contribution in [0.2, 0.25) is 0 Å². The molecule has 0 aromatic heterocycles. The van der Waals surface area contributed by atoms with E-state index in [1.807, 2.05) is 24.3 Å². The molecule has 1 aromatic rings. The molecule has 0 bridgehead atoms. The molecular formula is C10H11N3OS. The topological polar surface area (TPSA) is 65.5 Å². The second-order valence-corrected chi connectivity index (χ2v) is 3.25. The van der Waals surface area contributed by atoms with Gasteiger partial charge in [-0.15, -0.1) is 0 Å². The van der Waals surface area contributed by atoms with Crippen LogP contribution in [0.3, 0.4) is 0 Å². The fraction of sp³-hybridized carbons (Fsp3) is 0.200. The molecule has 0 saturated heterocycles. The molecule has 0 saturated carbocycles. The van der Waals surface area contributed by atoms with E-state index in [0.717, 1.165) is 17.3 Å². The summed E-state index contributed by atoms with van der Waals surface area (Å²) in [6.45, 7) is 0.414. The van der Waals surface area contributed by atoms with E-state index in [1.165, 1.54) is 0 Å². The molecule has 4 nitrogen and oxygen atoms in total. The van der Waals surface area contributed by atoms with Crippen molar-refractivity contribution in [2.24, 2.45) is 0 Å². The van der Waals surface area contributed by atoms with Gasteiger partial charge in [0, 0.05) is 12.3 Å². The van der Waals surface area contributed by atoms with Gasteiger partial charge in [0.15, 0.2) is 0 Å². The van der Waals surface area contributed by atoms with Gasteiger partial charge in [0.2, 0.25) is 0 Å². The number of thiol groups is 1. The van der Waals surface area contributed by atoms with Crippen LogP contribution in [0.4, 0.5) is 0 Å². The van der Waals surface area contributed by atoms with Gasteiger partial charge in [-0.05, 0) is 11.1 Å². The second kappa shape index (κ2) is 6.01. The van der Waals surface area contributed by atoms with Crippen molar-refractivity contribution in [2.75, 3.05) is 0 Å². The summed E-state index contributed by atoms with van der Waals surface area (Å²) >= 11 is 4.14. The van der Waals surface area contributed by atoms with Gasteiger partial charge in [-0.3, -0.25) is 4.79 Å². The van der Waals surface area contributed by atoms with E-state index in [9.17, 15) is 4.79 Å². The third kappa shape index (κ3) is 3.97. The highest BCUT2D eigenvalue weighted by atomic mass is 32.1. The third-order valence-corrected chi connectivity index (χ3v) is 2.21. The van der Waals surface area contributed by atoms with Gasteiger partial charge < -0.3 is 10.8 Å². The van der Waals surface area contributed by atoms with Crippen molar-refractivity contribution in [3.63, 3.8) is 0 Å². The molecule has 0 aliphatic carbocycles. The van der Waals surface area contributed by atoms with Crippen LogP contribution in [0.5, 0.6) is 0 Å². The first-order valence-corrected chi connectivity index (χ1v) is 5.03. The minimum absolute atomic E-state index is 0.414. The number of benzene rings is 1. The molecule has 5 heteroatoms.